The van der Waals surface area contributed by atoms with Crippen LogP contribution in [0.1, 0.15) is 30.4 Å². The fourth-order valence-corrected chi connectivity index (χ4v) is 4.85. The summed E-state index contributed by atoms with van der Waals surface area (Å²) in [5.74, 6) is -2.30. The first-order valence-corrected chi connectivity index (χ1v) is 11.0. The molecule has 3 rings (SSSR count). The summed E-state index contributed by atoms with van der Waals surface area (Å²) < 4.78 is 72.7. The molecule has 0 saturated heterocycles. The number of carbonyl (C=O) groups is 1. The number of nitrogens with one attached hydrogen (secondary N) is 1. The molecule has 2 aromatic carbocycles. The van der Waals surface area contributed by atoms with Crippen LogP contribution in [-0.2, 0) is 21.0 Å². The van der Waals surface area contributed by atoms with Gasteiger partial charge in [-0.3, -0.25) is 4.79 Å². The minimum absolute atomic E-state index is 0.00462. The second kappa shape index (κ2) is 7.98. The lowest BCUT2D eigenvalue weighted by molar-refractivity contribution is -0.138. The maximum Gasteiger partial charge on any atom is 0.416 e. The first kappa shape index (κ1) is 21.6. The Labute approximate surface area is 174 Å². The molecule has 5 nitrogen and oxygen atoms in total. The standard InChI is InChI=1S/C19H17BrF3NO4S/c1-2-28-16-8-7-11(20)9-17(16)29(26,27)24-18(25)14-10-13(14)12-5-3-4-6-15(12)19(21,22)23/h3-9,13-14H,2,10H2,1H3,(H,24,25). The molecule has 0 spiro atoms. The zero-order valence-corrected chi connectivity index (χ0v) is 17.6. The van der Waals surface area contributed by atoms with Crippen LogP contribution in [0, 0.1) is 5.92 Å². The SMILES string of the molecule is CCOc1ccc(Br)cc1S(=O)(=O)NC(=O)C1CC1c1ccccc1C(F)(F)F. The van der Waals surface area contributed by atoms with Crippen molar-refractivity contribution in [2.24, 2.45) is 5.92 Å². The van der Waals surface area contributed by atoms with Gasteiger partial charge in [-0.25, -0.2) is 13.1 Å². The summed E-state index contributed by atoms with van der Waals surface area (Å²) in [6.07, 6.45) is -4.40. The van der Waals surface area contributed by atoms with Gasteiger partial charge in [0.05, 0.1) is 12.2 Å². The summed E-state index contributed by atoms with van der Waals surface area (Å²) in [5.41, 5.74) is -0.816. The summed E-state index contributed by atoms with van der Waals surface area (Å²) in [4.78, 5) is 12.2. The molecule has 2 aromatic rings. The van der Waals surface area contributed by atoms with E-state index < -0.39 is 39.5 Å². The maximum absolute atomic E-state index is 13.2. The van der Waals surface area contributed by atoms with E-state index >= 15 is 0 Å². The monoisotopic (exact) mass is 491 g/mol. The third kappa shape index (κ3) is 4.75. The highest BCUT2D eigenvalue weighted by molar-refractivity contribution is 9.10. The van der Waals surface area contributed by atoms with Crippen molar-refractivity contribution in [3.63, 3.8) is 0 Å². The number of rotatable bonds is 6. The number of benzene rings is 2. The van der Waals surface area contributed by atoms with Crippen molar-refractivity contribution in [1.82, 2.24) is 4.72 Å². The smallest absolute Gasteiger partial charge is 0.416 e. The average molecular weight is 492 g/mol. The van der Waals surface area contributed by atoms with Gasteiger partial charge in [-0.15, -0.1) is 0 Å². The van der Waals surface area contributed by atoms with Crippen LogP contribution in [0.2, 0.25) is 0 Å². The zero-order chi connectivity index (χ0) is 21.4. The van der Waals surface area contributed by atoms with Crippen molar-refractivity contribution in [2.45, 2.75) is 30.3 Å². The third-order valence-corrected chi connectivity index (χ3v) is 6.38. The fourth-order valence-electron chi connectivity index (χ4n) is 3.14. The predicted molar refractivity (Wildman–Crippen MR) is 103 cm³/mol. The summed E-state index contributed by atoms with van der Waals surface area (Å²) >= 11 is 3.17. The number of amides is 1. The van der Waals surface area contributed by atoms with E-state index in [1.54, 1.807) is 13.0 Å². The van der Waals surface area contributed by atoms with Gasteiger partial charge in [0.15, 0.2) is 0 Å². The van der Waals surface area contributed by atoms with Crippen LogP contribution < -0.4 is 9.46 Å². The maximum atomic E-state index is 13.2. The van der Waals surface area contributed by atoms with Gasteiger partial charge in [-0.05, 0) is 49.1 Å². The predicted octanol–water partition coefficient (Wildman–Crippen LogP) is 4.48. The number of carbonyl (C=O) groups excluding carboxylic acids is 1. The van der Waals surface area contributed by atoms with Crippen molar-refractivity contribution in [3.05, 3.63) is 58.1 Å². The number of hydrogen-bond acceptors (Lipinski definition) is 4. The van der Waals surface area contributed by atoms with Crippen molar-refractivity contribution in [2.75, 3.05) is 6.61 Å². The molecule has 156 valence electrons. The first-order valence-electron chi connectivity index (χ1n) is 8.69. The molecule has 10 heteroatoms. The Hall–Kier alpha value is -2.07. The van der Waals surface area contributed by atoms with Gasteiger partial charge in [0.25, 0.3) is 10.0 Å². The minimum Gasteiger partial charge on any atom is -0.492 e. The molecule has 1 saturated carbocycles. The topological polar surface area (TPSA) is 72.5 Å². The molecule has 1 amide bonds. The van der Waals surface area contributed by atoms with Crippen molar-refractivity contribution in [1.29, 1.82) is 0 Å². The Morgan fingerprint density at radius 2 is 1.93 bits per heavy atom. The van der Waals surface area contributed by atoms with Crippen LogP contribution in [-0.4, -0.2) is 20.9 Å². The van der Waals surface area contributed by atoms with Crippen LogP contribution in [0.3, 0.4) is 0 Å². The molecule has 1 aliphatic rings. The Balaban J connectivity index is 1.80. The van der Waals surface area contributed by atoms with Crippen LogP contribution in [0.15, 0.2) is 51.8 Å². The number of alkyl halides is 3. The largest absolute Gasteiger partial charge is 0.492 e. The highest BCUT2D eigenvalue weighted by Crippen LogP contribution is 2.51. The van der Waals surface area contributed by atoms with E-state index in [0.717, 1.165) is 6.07 Å². The van der Waals surface area contributed by atoms with Gasteiger partial charge < -0.3 is 4.74 Å². The Morgan fingerprint density at radius 3 is 2.59 bits per heavy atom. The second-order valence-electron chi connectivity index (χ2n) is 6.53. The normalized spacial score (nSPS) is 18.9. The molecule has 0 bridgehead atoms. The van der Waals surface area contributed by atoms with Crippen molar-refractivity contribution in [3.8, 4) is 5.75 Å². The first-order chi connectivity index (χ1) is 13.5. The van der Waals surface area contributed by atoms with Gasteiger partial charge in [0, 0.05) is 10.4 Å². The van der Waals surface area contributed by atoms with Crippen LogP contribution >= 0.6 is 15.9 Å². The molecule has 29 heavy (non-hydrogen) atoms. The van der Waals surface area contributed by atoms with Crippen LogP contribution in [0.25, 0.3) is 0 Å². The van der Waals surface area contributed by atoms with Crippen molar-refractivity contribution < 1.29 is 31.1 Å². The molecule has 2 unspecified atom stereocenters. The molecule has 1 aliphatic carbocycles. The summed E-state index contributed by atoms with van der Waals surface area (Å²) in [5, 5.41) is 0. The number of hydrogen-bond donors (Lipinski definition) is 1. The minimum atomic E-state index is -4.55. The molecule has 0 aromatic heterocycles. The van der Waals surface area contributed by atoms with Gasteiger partial charge in [-0.1, -0.05) is 34.1 Å². The van der Waals surface area contributed by atoms with E-state index in [-0.39, 0.29) is 29.2 Å². The highest BCUT2D eigenvalue weighted by Gasteiger charge is 2.48. The van der Waals surface area contributed by atoms with Crippen LogP contribution in [0.4, 0.5) is 13.2 Å². The van der Waals surface area contributed by atoms with E-state index in [2.05, 4.69) is 15.9 Å². The van der Waals surface area contributed by atoms with E-state index in [9.17, 15) is 26.4 Å². The number of sulfonamides is 1. The number of ether oxygens (including phenoxy) is 1. The lowest BCUT2D eigenvalue weighted by atomic mass is 10.0. The molecule has 1 N–H and O–H groups in total. The second-order valence-corrected chi connectivity index (χ2v) is 9.09. The van der Waals surface area contributed by atoms with Crippen molar-refractivity contribution >= 4 is 31.9 Å². The van der Waals surface area contributed by atoms with E-state index in [1.807, 2.05) is 4.72 Å². The quantitative estimate of drug-likeness (QED) is 0.646. The Kier molecular flexibility index (Phi) is 5.96. The molecular formula is C19H17BrF3NO4S. The lowest BCUT2D eigenvalue weighted by Crippen LogP contribution is -2.32. The molecule has 1 fully saturated rings. The molecule has 0 aliphatic heterocycles. The van der Waals surface area contributed by atoms with Gasteiger partial charge in [0.1, 0.15) is 10.6 Å². The average Bonchev–Trinajstić information content (AvgIpc) is 3.43. The van der Waals surface area contributed by atoms with Gasteiger partial charge in [0.2, 0.25) is 5.91 Å². The van der Waals surface area contributed by atoms with E-state index in [0.29, 0.717) is 4.47 Å². The van der Waals surface area contributed by atoms with Gasteiger partial charge in [-0.2, -0.15) is 13.2 Å². The molecular weight excluding hydrogens is 475 g/mol. The lowest BCUT2D eigenvalue weighted by Gasteiger charge is -2.13. The van der Waals surface area contributed by atoms with E-state index in [1.165, 1.54) is 30.3 Å². The summed E-state index contributed by atoms with van der Waals surface area (Å²) in [7, 11) is -4.26. The molecule has 2 atom stereocenters. The third-order valence-electron chi connectivity index (χ3n) is 4.52. The molecule has 0 radical (unpaired) electrons. The molecule has 0 heterocycles. The summed E-state index contributed by atoms with van der Waals surface area (Å²) in [6.45, 7) is 1.90. The summed E-state index contributed by atoms with van der Waals surface area (Å²) in [6, 6.07) is 9.35. The van der Waals surface area contributed by atoms with Gasteiger partial charge >= 0.3 is 6.18 Å². The zero-order valence-electron chi connectivity index (χ0n) is 15.2. The van der Waals surface area contributed by atoms with E-state index in [4.69, 9.17) is 4.74 Å². The van der Waals surface area contributed by atoms with Crippen LogP contribution in [0.5, 0.6) is 5.75 Å². The fraction of sp³-hybridized carbons (Fsp3) is 0.316. The highest BCUT2D eigenvalue weighted by atomic mass is 79.9. The number of halogens is 4. The Bertz CT molecular complexity index is 1040. The Morgan fingerprint density at radius 1 is 1.24 bits per heavy atom.